The first-order valence-electron chi connectivity index (χ1n) is 4.85. The number of amides is 1. The lowest BCUT2D eigenvalue weighted by Crippen LogP contribution is -2.32. The number of nitrogens with zero attached hydrogens (tertiary/aromatic N) is 2. The Hall–Kier alpha value is -1.50. The van der Waals surface area contributed by atoms with Crippen LogP contribution in [0.4, 0.5) is 4.39 Å². The van der Waals surface area contributed by atoms with Gasteiger partial charge in [-0.15, -0.1) is 0 Å². The molecule has 0 spiro atoms. The summed E-state index contributed by atoms with van der Waals surface area (Å²) in [5.41, 5.74) is -0.0407. The molecule has 17 heavy (non-hydrogen) atoms. The highest BCUT2D eigenvalue weighted by Gasteiger charge is 2.15. The van der Waals surface area contributed by atoms with Gasteiger partial charge in [0.15, 0.2) is 0 Å². The molecule has 1 rings (SSSR count). The molecule has 0 aliphatic carbocycles. The van der Waals surface area contributed by atoms with E-state index in [9.17, 15) is 17.6 Å². The van der Waals surface area contributed by atoms with Crippen LogP contribution in [0.1, 0.15) is 10.5 Å². The largest absolute Gasteiger partial charge is 0.339 e. The van der Waals surface area contributed by atoms with Crippen molar-refractivity contribution in [2.45, 2.75) is 0 Å². The summed E-state index contributed by atoms with van der Waals surface area (Å²) >= 11 is 0. The monoisotopic (exact) mass is 260 g/mol. The van der Waals surface area contributed by atoms with E-state index in [0.717, 1.165) is 12.3 Å². The van der Waals surface area contributed by atoms with Gasteiger partial charge in [0.05, 0.1) is 5.75 Å². The third-order valence-corrected chi connectivity index (χ3v) is 3.00. The van der Waals surface area contributed by atoms with Crippen LogP contribution in [0, 0.1) is 5.95 Å². The molecule has 0 aromatic carbocycles. The molecule has 1 aromatic heterocycles. The third-order valence-electron chi connectivity index (χ3n) is 2.08. The lowest BCUT2D eigenvalue weighted by atomic mass is 10.3. The maximum Gasteiger partial charge on any atom is 0.272 e. The predicted octanol–water partition coefficient (Wildman–Crippen LogP) is 0.337. The Bertz CT molecular complexity index is 516. The summed E-state index contributed by atoms with van der Waals surface area (Å²) < 4.78 is 34.7. The Kier molecular flexibility index (Phi) is 4.17. The molecule has 0 saturated carbocycles. The molecule has 7 heteroatoms. The Morgan fingerprint density at radius 3 is 2.65 bits per heavy atom. The number of rotatable bonds is 4. The van der Waals surface area contributed by atoms with Gasteiger partial charge in [-0.05, 0) is 12.1 Å². The first-order valence-corrected chi connectivity index (χ1v) is 6.91. The van der Waals surface area contributed by atoms with E-state index >= 15 is 0 Å². The number of hydrogen-bond acceptors (Lipinski definition) is 4. The summed E-state index contributed by atoms with van der Waals surface area (Å²) in [5.74, 6) is -1.38. The molecular formula is C10H13FN2O3S. The Morgan fingerprint density at radius 2 is 2.12 bits per heavy atom. The summed E-state index contributed by atoms with van der Waals surface area (Å²) in [5, 5.41) is 0. The molecule has 0 saturated heterocycles. The van der Waals surface area contributed by atoms with Crippen molar-refractivity contribution in [1.29, 1.82) is 0 Å². The number of carbonyl (C=O) groups excluding carboxylic acids is 1. The van der Waals surface area contributed by atoms with Gasteiger partial charge in [-0.25, -0.2) is 13.4 Å². The fourth-order valence-electron chi connectivity index (χ4n) is 1.13. The van der Waals surface area contributed by atoms with E-state index in [1.165, 1.54) is 24.1 Å². The standard InChI is InChI=1S/C10H13FN2O3S/c1-13(6-7-17(2,15)16)10(14)8-4-3-5-9(11)12-8/h3-5H,6-7H2,1-2H3. The van der Waals surface area contributed by atoms with Crippen molar-refractivity contribution in [2.24, 2.45) is 0 Å². The molecule has 1 amide bonds. The van der Waals surface area contributed by atoms with Gasteiger partial charge in [0.25, 0.3) is 5.91 Å². The topological polar surface area (TPSA) is 67.3 Å². The maximum atomic E-state index is 12.8. The van der Waals surface area contributed by atoms with E-state index < -0.39 is 21.7 Å². The second-order valence-electron chi connectivity index (χ2n) is 3.70. The summed E-state index contributed by atoms with van der Waals surface area (Å²) in [6.45, 7) is 0.0514. The smallest absolute Gasteiger partial charge is 0.272 e. The van der Waals surface area contributed by atoms with E-state index in [1.807, 2.05) is 0 Å². The summed E-state index contributed by atoms with van der Waals surface area (Å²) in [4.78, 5) is 16.3. The van der Waals surface area contributed by atoms with Gasteiger partial charge >= 0.3 is 0 Å². The molecule has 0 unspecified atom stereocenters. The quantitative estimate of drug-likeness (QED) is 0.732. The van der Waals surface area contributed by atoms with E-state index in [4.69, 9.17) is 0 Å². The van der Waals surface area contributed by atoms with Crippen molar-refractivity contribution in [3.05, 3.63) is 29.8 Å². The molecule has 0 aliphatic heterocycles. The molecule has 0 aliphatic rings. The number of sulfone groups is 1. The van der Waals surface area contributed by atoms with Crippen LogP contribution in [0.5, 0.6) is 0 Å². The third kappa shape index (κ3) is 4.48. The number of aromatic nitrogens is 1. The highest BCUT2D eigenvalue weighted by Crippen LogP contribution is 2.02. The number of carbonyl (C=O) groups is 1. The molecule has 0 radical (unpaired) electrons. The van der Waals surface area contributed by atoms with Crippen molar-refractivity contribution in [3.63, 3.8) is 0 Å². The first-order chi connectivity index (χ1) is 7.79. The van der Waals surface area contributed by atoms with Gasteiger partial charge in [-0.3, -0.25) is 4.79 Å². The van der Waals surface area contributed by atoms with E-state index in [1.54, 1.807) is 0 Å². The van der Waals surface area contributed by atoms with Crippen molar-refractivity contribution in [3.8, 4) is 0 Å². The number of hydrogen-bond donors (Lipinski definition) is 0. The molecule has 5 nitrogen and oxygen atoms in total. The van der Waals surface area contributed by atoms with Crippen LogP contribution in [0.3, 0.4) is 0 Å². The molecule has 1 aromatic rings. The summed E-state index contributed by atoms with van der Waals surface area (Å²) in [6.07, 6.45) is 1.09. The van der Waals surface area contributed by atoms with Gasteiger partial charge in [-0.1, -0.05) is 6.07 Å². The fourth-order valence-corrected chi connectivity index (χ4v) is 1.73. The van der Waals surface area contributed by atoms with Crippen LogP contribution in [0.2, 0.25) is 0 Å². The molecular weight excluding hydrogens is 247 g/mol. The van der Waals surface area contributed by atoms with Gasteiger partial charge in [-0.2, -0.15) is 4.39 Å². The van der Waals surface area contributed by atoms with E-state index in [2.05, 4.69) is 4.98 Å². The van der Waals surface area contributed by atoms with Crippen molar-refractivity contribution in [2.75, 3.05) is 25.6 Å². The molecule has 1 heterocycles. The minimum atomic E-state index is -3.13. The Labute approximate surface area is 99.2 Å². The lowest BCUT2D eigenvalue weighted by molar-refractivity contribution is 0.0796. The van der Waals surface area contributed by atoms with Crippen molar-refractivity contribution < 1.29 is 17.6 Å². The van der Waals surface area contributed by atoms with Gasteiger partial charge < -0.3 is 4.90 Å². The van der Waals surface area contributed by atoms with Crippen LogP contribution in [-0.4, -0.2) is 49.8 Å². The van der Waals surface area contributed by atoms with Crippen molar-refractivity contribution >= 4 is 15.7 Å². The van der Waals surface area contributed by atoms with Crippen LogP contribution in [-0.2, 0) is 9.84 Å². The van der Waals surface area contributed by atoms with Crippen molar-refractivity contribution in [1.82, 2.24) is 9.88 Å². The zero-order valence-corrected chi connectivity index (χ0v) is 10.4. The lowest BCUT2D eigenvalue weighted by Gasteiger charge is -2.15. The summed E-state index contributed by atoms with van der Waals surface area (Å²) in [6, 6.07) is 3.88. The normalized spacial score (nSPS) is 11.2. The zero-order chi connectivity index (χ0) is 13.1. The minimum absolute atomic E-state index is 0.0407. The van der Waals surface area contributed by atoms with Crippen LogP contribution < -0.4 is 0 Å². The second-order valence-corrected chi connectivity index (χ2v) is 5.96. The first kappa shape index (κ1) is 13.6. The molecule has 0 N–H and O–H groups in total. The zero-order valence-electron chi connectivity index (χ0n) is 9.55. The van der Waals surface area contributed by atoms with Gasteiger partial charge in [0, 0.05) is 19.8 Å². The molecule has 0 atom stereocenters. The van der Waals surface area contributed by atoms with Gasteiger partial charge in [0.2, 0.25) is 5.95 Å². The average Bonchev–Trinajstić information content (AvgIpc) is 2.24. The number of pyridine rings is 1. The Morgan fingerprint density at radius 1 is 1.47 bits per heavy atom. The predicted molar refractivity (Wildman–Crippen MR) is 60.9 cm³/mol. The van der Waals surface area contributed by atoms with Crippen LogP contribution >= 0.6 is 0 Å². The molecule has 0 fully saturated rings. The molecule has 94 valence electrons. The highest BCUT2D eigenvalue weighted by molar-refractivity contribution is 7.90. The maximum absolute atomic E-state index is 12.8. The second kappa shape index (κ2) is 5.22. The van der Waals surface area contributed by atoms with Crippen LogP contribution in [0.15, 0.2) is 18.2 Å². The highest BCUT2D eigenvalue weighted by atomic mass is 32.2. The van der Waals surface area contributed by atoms with Gasteiger partial charge in [0.1, 0.15) is 15.5 Å². The Balaban J connectivity index is 2.70. The molecule has 0 bridgehead atoms. The minimum Gasteiger partial charge on any atom is -0.339 e. The van der Waals surface area contributed by atoms with Crippen LogP contribution in [0.25, 0.3) is 0 Å². The summed E-state index contributed by atoms with van der Waals surface area (Å²) in [7, 11) is -1.69. The van der Waals surface area contributed by atoms with E-state index in [-0.39, 0.29) is 18.0 Å². The fraction of sp³-hybridized carbons (Fsp3) is 0.400. The SMILES string of the molecule is CN(CCS(C)(=O)=O)C(=O)c1cccc(F)n1. The average molecular weight is 260 g/mol. The number of halogens is 1. The van der Waals surface area contributed by atoms with E-state index in [0.29, 0.717) is 0 Å².